The van der Waals surface area contributed by atoms with E-state index in [4.69, 9.17) is 14.6 Å². The van der Waals surface area contributed by atoms with Crippen molar-refractivity contribution in [3.8, 4) is 6.07 Å². The SMILES string of the molecule is CC1(C)OB(c2cc(CC#N)c(F)cc2F)OC1(C)C. The lowest BCUT2D eigenvalue weighted by molar-refractivity contribution is 0.00578. The number of hydrogen-bond donors (Lipinski definition) is 0. The Balaban J connectivity index is 2.40. The average molecular weight is 279 g/mol. The van der Waals surface area contributed by atoms with E-state index >= 15 is 0 Å². The number of rotatable bonds is 2. The Morgan fingerprint density at radius 2 is 1.65 bits per heavy atom. The lowest BCUT2D eigenvalue weighted by Crippen LogP contribution is -2.41. The van der Waals surface area contributed by atoms with E-state index in [2.05, 4.69) is 0 Å². The molecule has 0 aromatic heterocycles. The average Bonchev–Trinajstić information content (AvgIpc) is 2.52. The summed E-state index contributed by atoms with van der Waals surface area (Å²) in [5, 5.41) is 8.66. The molecule has 1 aliphatic rings. The largest absolute Gasteiger partial charge is 0.497 e. The monoisotopic (exact) mass is 279 g/mol. The van der Waals surface area contributed by atoms with Crippen LogP contribution in [0.15, 0.2) is 12.1 Å². The van der Waals surface area contributed by atoms with Gasteiger partial charge in [-0.25, -0.2) is 8.78 Å². The molecule has 1 saturated heterocycles. The third-order valence-electron chi connectivity index (χ3n) is 3.94. The zero-order valence-electron chi connectivity index (χ0n) is 12.0. The van der Waals surface area contributed by atoms with E-state index in [1.54, 1.807) is 0 Å². The van der Waals surface area contributed by atoms with Crippen molar-refractivity contribution >= 4 is 12.6 Å². The summed E-state index contributed by atoms with van der Waals surface area (Å²) < 4.78 is 39.0. The Morgan fingerprint density at radius 1 is 1.10 bits per heavy atom. The quantitative estimate of drug-likeness (QED) is 0.780. The Hall–Kier alpha value is -1.45. The van der Waals surface area contributed by atoms with Crippen LogP contribution in [0.4, 0.5) is 8.78 Å². The number of nitrogens with zero attached hydrogens (tertiary/aromatic N) is 1. The van der Waals surface area contributed by atoms with Gasteiger partial charge in [0, 0.05) is 17.1 Å². The molecule has 0 bridgehead atoms. The van der Waals surface area contributed by atoms with Gasteiger partial charge in [-0.1, -0.05) is 6.07 Å². The highest BCUT2D eigenvalue weighted by Gasteiger charge is 2.52. The zero-order valence-corrected chi connectivity index (χ0v) is 12.0. The highest BCUT2D eigenvalue weighted by molar-refractivity contribution is 6.62. The minimum absolute atomic E-state index is 0.121. The molecule has 0 unspecified atom stereocenters. The van der Waals surface area contributed by atoms with E-state index in [-0.39, 0.29) is 17.4 Å². The van der Waals surface area contributed by atoms with Crippen LogP contribution in [0.3, 0.4) is 0 Å². The first-order valence-corrected chi connectivity index (χ1v) is 6.38. The van der Waals surface area contributed by atoms with Gasteiger partial charge in [0.25, 0.3) is 0 Å². The van der Waals surface area contributed by atoms with E-state index in [1.807, 2.05) is 33.8 Å². The van der Waals surface area contributed by atoms with Crippen LogP contribution in [-0.4, -0.2) is 18.3 Å². The molecule has 0 amide bonds. The Labute approximate surface area is 117 Å². The molecule has 0 radical (unpaired) electrons. The highest BCUT2D eigenvalue weighted by Crippen LogP contribution is 2.36. The summed E-state index contributed by atoms with van der Waals surface area (Å²) >= 11 is 0. The fourth-order valence-electron chi connectivity index (χ4n) is 1.98. The zero-order chi connectivity index (χ0) is 15.1. The molecule has 0 N–H and O–H groups in total. The predicted molar refractivity (Wildman–Crippen MR) is 71.4 cm³/mol. The highest BCUT2D eigenvalue weighted by atomic mass is 19.1. The minimum atomic E-state index is -0.905. The second-order valence-electron chi connectivity index (χ2n) is 5.89. The number of benzene rings is 1. The molecule has 6 heteroatoms. The van der Waals surface area contributed by atoms with Gasteiger partial charge in [-0.15, -0.1) is 0 Å². The van der Waals surface area contributed by atoms with Crippen LogP contribution in [0.2, 0.25) is 0 Å². The smallest absolute Gasteiger partial charge is 0.399 e. The maximum atomic E-state index is 13.9. The molecule has 20 heavy (non-hydrogen) atoms. The summed E-state index contributed by atoms with van der Waals surface area (Å²) in [5.41, 5.74) is -0.948. The molecule has 1 aromatic rings. The molecule has 0 atom stereocenters. The van der Waals surface area contributed by atoms with Crippen molar-refractivity contribution in [1.82, 2.24) is 0 Å². The van der Waals surface area contributed by atoms with Crippen molar-refractivity contribution in [1.29, 1.82) is 5.26 Å². The molecule has 0 spiro atoms. The molecule has 3 nitrogen and oxygen atoms in total. The summed E-state index contributed by atoms with van der Waals surface area (Å²) in [6, 6.07) is 3.92. The van der Waals surface area contributed by atoms with Gasteiger partial charge in [-0.3, -0.25) is 0 Å². The summed E-state index contributed by atoms with van der Waals surface area (Å²) in [6.07, 6.45) is -0.126. The third-order valence-corrected chi connectivity index (χ3v) is 3.94. The van der Waals surface area contributed by atoms with Crippen LogP contribution in [0.1, 0.15) is 33.3 Å². The van der Waals surface area contributed by atoms with Crippen molar-refractivity contribution in [2.24, 2.45) is 0 Å². The van der Waals surface area contributed by atoms with Crippen LogP contribution in [-0.2, 0) is 15.7 Å². The van der Waals surface area contributed by atoms with Gasteiger partial charge in [-0.2, -0.15) is 5.26 Å². The molecule has 106 valence electrons. The predicted octanol–water partition coefficient (Wildman–Crippen LogP) is 2.33. The third kappa shape index (κ3) is 2.44. The second-order valence-corrected chi connectivity index (χ2v) is 5.89. The van der Waals surface area contributed by atoms with Crippen LogP contribution in [0.5, 0.6) is 0 Å². The number of hydrogen-bond acceptors (Lipinski definition) is 3. The minimum Gasteiger partial charge on any atom is -0.399 e. The molecule has 1 aliphatic heterocycles. The van der Waals surface area contributed by atoms with Crippen LogP contribution in [0.25, 0.3) is 0 Å². The molecule has 1 fully saturated rings. The Bertz CT molecular complexity index is 565. The normalized spacial score (nSPS) is 19.9. The first-order valence-electron chi connectivity index (χ1n) is 6.38. The molecule has 2 rings (SSSR count). The van der Waals surface area contributed by atoms with Crippen molar-refractivity contribution < 1.29 is 18.1 Å². The van der Waals surface area contributed by atoms with Gasteiger partial charge < -0.3 is 9.31 Å². The Morgan fingerprint density at radius 3 is 2.15 bits per heavy atom. The van der Waals surface area contributed by atoms with E-state index in [1.165, 1.54) is 6.07 Å². The fourth-order valence-corrected chi connectivity index (χ4v) is 1.98. The summed E-state index contributed by atoms with van der Waals surface area (Å²) in [7, 11) is -0.905. The molecular formula is C14H16BF2NO2. The van der Waals surface area contributed by atoms with E-state index < -0.39 is 30.0 Å². The second kappa shape index (κ2) is 4.83. The van der Waals surface area contributed by atoms with E-state index in [9.17, 15) is 8.78 Å². The van der Waals surface area contributed by atoms with Gasteiger partial charge in [-0.05, 0) is 27.7 Å². The number of halogens is 2. The standard InChI is InChI=1S/C14H16BF2NO2/c1-13(2)14(3,4)20-15(19-13)10-7-9(5-6-18)11(16)8-12(10)17/h7-8H,5H2,1-4H3. The van der Waals surface area contributed by atoms with Crippen LogP contribution < -0.4 is 5.46 Å². The fraction of sp³-hybridized carbons (Fsp3) is 0.500. The molecular weight excluding hydrogens is 263 g/mol. The van der Waals surface area contributed by atoms with Gasteiger partial charge >= 0.3 is 7.12 Å². The maximum absolute atomic E-state index is 13.9. The number of nitriles is 1. The van der Waals surface area contributed by atoms with Gasteiger partial charge in [0.05, 0.1) is 23.7 Å². The van der Waals surface area contributed by atoms with Crippen molar-refractivity contribution in [2.45, 2.75) is 45.3 Å². The van der Waals surface area contributed by atoms with Crippen molar-refractivity contribution in [2.75, 3.05) is 0 Å². The summed E-state index contributed by atoms with van der Waals surface area (Å²) in [5.74, 6) is -1.47. The molecule has 0 saturated carbocycles. The van der Waals surface area contributed by atoms with Gasteiger partial charge in [0.1, 0.15) is 11.6 Å². The maximum Gasteiger partial charge on any atom is 0.497 e. The van der Waals surface area contributed by atoms with Gasteiger partial charge in [0.2, 0.25) is 0 Å². The van der Waals surface area contributed by atoms with Gasteiger partial charge in [0.15, 0.2) is 0 Å². The lowest BCUT2D eigenvalue weighted by Gasteiger charge is -2.32. The Kier molecular flexibility index (Phi) is 3.61. The van der Waals surface area contributed by atoms with Crippen molar-refractivity contribution in [3.63, 3.8) is 0 Å². The molecule has 1 heterocycles. The lowest BCUT2D eigenvalue weighted by atomic mass is 9.77. The van der Waals surface area contributed by atoms with E-state index in [0.29, 0.717) is 0 Å². The molecule has 0 aliphatic carbocycles. The van der Waals surface area contributed by atoms with Crippen molar-refractivity contribution in [3.05, 3.63) is 29.3 Å². The summed E-state index contributed by atoms with van der Waals surface area (Å²) in [4.78, 5) is 0. The van der Waals surface area contributed by atoms with Crippen LogP contribution in [0, 0.1) is 23.0 Å². The van der Waals surface area contributed by atoms with E-state index in [0.717, 1.165) is 6.07 Å². The first kappa shape index (κ1) is 15.0. The topological polar surface area (TPSA) is 42.2 Å². The van der Waals surface area contributed by atoms with Crippen LogP contribution >= 0.6 is 0 Å². The first-order chi connectivity index (χ1) is 9.18. The molecule has 1 aromatic carbocycles. The summed E-state index contributed by atoms with van der Waals surface area (Å²) in [6.45, 7) is 7.41.